The van der Waals surface area contributed by atoms with Gasteiger partial charge in [0, 0.05) is 12.1 Å². The number of rotatable bonds is 3. The highest BCUT2D eigenvalue weighted by molar-refractivity contribution is 6.01. The summed E-state index contributed by atoms with van der Waals surface area (Å²) in [4.78, 5) is 12.6. The van der Waals surface area contributed by atoms with Gasteiger partial charge < -0.3 is 10.1 Å². The lowest BCUT2D eigenvalue weighted by atomic mass is 9.89. The maximum Gasteiger partial charge on any atom is 0.184 e. The summed E-state index contributed by atoms with van der Waals surface area (Å²) < 4.78 is 18.7. The Labute approximate surface area is 122 Å². The van der Waals surface area contributed by atoms with Crippen LogP contribution in [0, 0.1) is 5.82 Å². The molecule has 21 heavy (non-hydrogen) atoms. The van der Waals surface area contributed by atoms with Gasteiger partial charge in [0.1, 0.15) is 0 Å². The van der Waals surface area contributed by atoms with Crippen LogP contribution in [0.15, 0.2) is 42.5 Å². The number of ether oxygens (including phenoxy) is 1. The van der Waals surface area contributed by atoms with Gasteiger partial charge in [0.2, 0.25) is 0 Å². The standard InChI is InChI=1S/C17H16FNO2/c1-21-15-7-6-12(10-14(15)18)17(20)16-13-5-3-2-4-11(13)8-9-19-16/h2-7,10,16,19H,8-9H2,1H3. The second kappa shape index (κ2) is 5.66. The van der Waals surface area contributed by atoms with Crippen molar-refractivity contribution in [3.8, 4) is 5.75 Å². The minimum Gasteiger partial charge on any atom is -0.494 e. The fourth-order valence-electron chi connectivity index (χ4n) is 2.72. The normalized spacial score (nSPS) is 17.1. The van der Waals surface area contributed by atoms with E-state index < -0.39 is 11.9 Å². The third-order valence-corrected chi connectivity index (χ3v) is 3.81. The van der Waals surface area contributed by atoms with Gasteiger partial charge in [-0.25, -0.2) is 4.39 Å². The van der Waals surface area contributed by atoms with Crippen molar-refractivity contribution in [3.63, 3.8) is 0 Å². The van der Waals surface area contributed by atoms with Gasteiger partial charge >= 0.3 is 0 Å². The Balaban J connectivity index is 1.95. The van der Waals surface area contributed by atoms with Crippen molar-refractivity contribution in [2.75, 3.05) is 13.7 Å². The number of carbonyl (C=O) groups excluding carboxylic acids is 1. The van der Waals surface area contributed by atoms with E-state index >= 15 is 0 Å². The first-order chi connectivity index (χ1) is 10.2. The molecule has 0 aliphatic carbocycles. The number of nitrogens with one attached hydrogen (secondary N) is 1. The van der Waals surface area contributed by atoms with E-state index in [9.17, 15) is 9.18 Å². The summed E-state index contributed by atoms with van der Waals surface area (Å²) in [6, 6.07) is 11.8. The highest BCUT2D eigenvalue weighted by Gasteiger charge is 2.27. The minimum atomic E-state index is -0.521. The second-order valence-electron chi connectivity index (χ2n) is 5.05. The molecule has 2 aromatic rings. The summed E-state index contributed by atoms with van der Waals surface area (Å²) in [7, 11) is 1.40. The molecule has 0 aromatic heterocycles. The Morgan fingerprint density at radius 1 is 1.29 bits per heavy atom. The van der Waals surface area contributed by atoms with Crippen LogP contribution in [-0.4, -0.2) is 19.4 Å². The number of ketones is 1. The molecule has 0 saturated heterocycles. The van der Waals surface area contributed by atoms with Crippen LogP contribution in [0.2, 0.25) is 0 Å². The van der Waals surface area contributed by atoms with Crippen molar-refractivity contribution in [1.29, 1.82) is 0 Å². The average molecular weight is 285 g/mol. The number of Topliss-reactive ketones (excluding diaryl/α,β-unsaturated/α-hetero) is 1. The van der Waals surface area contributed by atoms with E-state index in [4.69, 9.17) is 4.74 Å². The van der Waals surface area contributed by atoms with Gasteiger partial charge in [0.05, 0.1) is 13.2 Å². The third kappa shape index (κ3) is 2.54. The number of hydrogen-bond acceptors (Lipinski definition) is 3. The highest BCUT2D eigenvalue weighted by Crippen LogP contribution is 2.27. The van der Waals surface area contributed by atoms with E-state index in [-0.39, 0.29) is 11.5 Å². The number of methoxy groups -OCH3 is 1. The summed E-state index contributed by atoms with van der Waals surface area (Å²) in [6.07, 6.45) is 0.900. The molecule has 4 heteroatoms. The first-order valence-corrected chi connectivity index (χ1v) is 6.89. The Kier molecular flexibility index (Phi) is 3.71. The van der Waals surface area contributed by atoms with Crippen LogP contribution >= 0.6 is 0 Å². The topological polar surface area (TPSA) is 38.3 Å². The van der Waals surface area contributed by atoms with Gasteiger partial charge in [0.15, 0.2) is 17.3 Å². The Bertz CT molecular complexity index is 684. The van der Waals surface area contributed by atoms with Crippen LogP contribution in [0.3, 0.4) is 0 Å². The van der Waals surface area contributed by atoms with Crippen molar-refractivity contribution in [1.82, 2.24) is 5.32 Å². The van der Waals surface area contributed by atoms with Crippen LogP contribution < -0.4 is 10.1 Å². The molecule has 1 heterocycles. The van der Waals surface area contributed by atoms with Gasteiger partial charge in [-0.1, -0.05) is 24.3 Å². The van der Waals surface area contributed by atoms with Crippen molar-refractivity contribution >= 4 is 5.78 Å². The quantitative estimate of drug-likeness (QED) is 0.881. The highest BCUT2D eigenvalue weighted by atomic mass is 19.1. The summed E-state index contributed by atoms with van der Waals surface area (Å²) in [5.74, 6) is -0.500. The fraction of sp³-hybridized carbons (Fsp3) is 0.235. The molecule has 1 N–H and O–H groups in total. The summed E-state index contributed by atoms with van der Waals surface area (Å²) in [6.45, 7) is 0.742. The number of hydrogen-bond donors (Lipinski definition) is 1. The van der Waals surface area contributed by atoms with Crippen molar-refractivity contribution in [2.45, 2.75) is 12.5 Å². The van der Waals surface area contributed by atoms with E-state index in [0.29, 0.717) is 5.56 Å². The molecule has 0 bridgehead atoms. The van der Waals surface area contributed by atoms with Crippen LogP contribution in [-0.2, 0) is 6.42 Å². The zero-order valence-electron chi connectivity index (χ0n) is 11.7. The fourth-order valence-corrected chi connectivity index (χ4v) is 2.72. The van der Waals surface area contributed by atoms with Gasteiger partial charge in [-0.2, -0.15) is 0 Å². The molecular weight excluding hydrogens is 269 g/mol. The van der Waals surface area contributed by atoms with E-state index in [2.05, 4.69) is 5.32 Å². The smallest absolute Gasteiger partial charge is 0.184 e. The second-order valence-corrected chi connectivity index (χ2v) is 5.05. The number of halogens is 1. The molecule has 2 aromatic carbocycles. The minimum absolute atomic E-state index is 0.122. The molecular formula is C17H16FNO2. The average Bonchev–Trinajstić information content (AvgIpc) is 2.53. The summed E-state index contributed by atoms with van der Waals surface area (Å²) >= 11 is 0. The van der Waals surface area contributed by atoms with Gasteiger partial charge in [-0.15, -0.1) is 0 Å². The summed E-state index contributed by atoms with van der Waals surface area (Å²) in [5.41, 5.74) is 2.50. The van der Waals surface area contributed by atoms with Crippen molar-refractivity contribution in [3.05, 3.63) is 65.0 Å². The van der Waals surface area contributed by atoms with Crippen molar-refractivity contribution in [2.24, 2.45) is 0 Å². The van der Waals surface area contributed by atoms with Crippen LogP contribution in [0.5, 0.6) is 5.75 Å². The number of carbonyl (C=O) groups is 1. The SMILES string of the molecule is COc1ccc(C(=O)C2NCCc3ccccc32)cc1F. The largest absolute Gasteiger partial charge is 0.494 e. The molecule has 3 rings (SSSR count). The molecule has 1 atom stereocenters. The molecule has 0 saturated carbocycles. The van der Waals surface area contributed by atoms with E-state index in [1.807, 2.05) is 24.3 Å². The first-order valence-electron chi connectivity index (χ1n) is 6.89. The zero-order chi connectivity index (χ0) is 14.8. The Morgan fingerprint density at radius 3 is 2.86 bits per heavy atom. The molecule has 108 valence electrons. The lowest BCUT2D eigenvalue weighted by Gasteiger charge is -2.26. The maximum absolute atomic E-state index is 13.8. The third-order valence-electron chi connectivity index (χ3n) is 3.81. The lowest BCUT2D eigenvalue weighted by Crippen LogP contribution is -2.35. The Hall–Kier alpha value is -2.20. The van der Waals surface area contributed by atoms with Gasteiger partial charge in [-0.05, 0) is 35.7 Å². The lowest BCUT2D eigenvalue weighted by molar-refractivity contribution is 0.0939. The predicted molar refractivity (Wildman–Crippen MR) is 78.2 cm³/mol. The first kappa shape index (κ1) is 13.8. The van der Waals surface area contributed by atoms with Crippen molar-refractivity contribution < 1.29 is 13.9 Å². The monoisotopic (exact) mass is 285 g/mol. The van der Waals surface area contributed by atoms with Gasteiger partial charge in [-0.3, -0.25) is 4.79 Å². The molecule has 1 aliphatic rings. The molecule has 3 nitrogen and oxygen atoms in total. The Morgan fingerprint density at radius 2 is 2.10 bits per heavy atom. The van der Waals surface area contributed by atoms with Crippen LogP contribution in [0.4, 0.5) is 4.39 Å². The van der Waals surface area contributed by atoms with E-state index in [0.717, 1.165) is 18.5 Å². The predicted octanol–water partition coefficient (Wildman–Crippen LogP) is 2.90. The van der Waals surface area contributed by atoms with Crippen LogP contribution in [0.25, 0.3) is 0 Å². The zero-order valence-corrected chi connectivity index (χ0v) is 11.7. The summed E-state index contributed by atoms with van der Waals surface area (Å²) in [5, 5.41) is 3.22. The maximum atomic E-state index is 13.8. The number of fused-ring (bicyclic) bond motifs is 1. The van der Waals surface area contributed by atoms with E-state index in [1.54, 1.807) is 6.07 Å². The molecule has 0 spiro atoms. The molecule has 0 radical (unpaired) electrons. The van der Waals surface area contributed by atoms with E-state index in [1.165, 1.54) is 24.8 Å². The molecule has 1 aliphatic heterocycles. The van der Waals surface area contributed by atoms with Gasteiger partial charge in [0.25, 0.3) is 0 Å². The number of benzene rings is 2. The molecule has 1 unspecified atom stereocenters. The molecule has 0 amide bonds. The van der Waals surface area contributed by atoms with Crippen LogP contribution in [0.1, 0.15) is 27.5 Å². The molecule has 0 fully saturated rings.